The van der Waals surface area contributed by atoms with Crippen LogP contribution in [0, 0.1) is 10.5 Å². The van der Waals surface area contributed by atoms with E-state index < -0.39 is 0 Å². The number of rotatable bonds is 5. The second kappa shape index (κ2) is 7.92. The molecule has 2 aromatic heterocycles. The zero-order valence-corrected chi connectivity index (χ0v) is 18.3. The highest BCUT2D eigenvalue weighted by atomic mass is 127. The number of halogens is 1. The van der Waals surface area contributed by atoms with Crippen molar-refractivity contribution in [3.05, 3.63) is 75.3 Å². The summed E-state index contributed by atoms with van der Waals surface area (Å²) < 4.78 is 12.9. The summed E-state index contributed by atoms with van der Waals surface area (Å²) in [6, 6.07) is 15.1. The summed E-state index contributed by atoms with van der Waals surface area (Å²) in [7, 11) is 1.63. The van der Waals surface area contributed by atoms with E-state index in [9.17, 15) is 4.79 Å². The van der Waals surface area contributed by atoms with Gasteiger partial charge in [-0.1, -0.05) is 29.5 Å². The fourth-order valence-corrected chi connectivity index (χ4v) is 4.61. The Hall–Kier alpha value is -2.39. The standard InChI is InChI=1S/C21H17IN2O3S/c1-13-9-10-17(26-2)18-19(13)28-21(23-18)24(12-14-6-5-11-27-14)20(25)15-7-3-4-8-16(15)22/h3-11H,12H2,1-2H3. The Balaban J connectivity index is 1.84. The molecule has 0 radical (unpaired) electrons. The highest BCUT2D eigenvalue weighted by Gasteiger charge is 2.25. The van der Waals surface area contributed by atoms with Gasteiger partial charge in [-0.3, -0.25) is 9.69 Å². The molecule has 0 spiro atoms. The fourth-order valence-electron chi connectivity index (χ4n) is 2.94. The van der Waals surface area contributed by atoms with Gasteiger partial charge in [-0.15, -0.1) is 0 Å². The number of methoxy groups -OCH3 is 1. The smallest absolute Gasteiger partial charge is 0.261 e. The van der Waals surface area contributed by atoms with Gasteiger partial charge in [-0.25, -0.2) is 4.98 Å². The quantitative estimate of drug-likeness (QED) is 0.330. The van der Waals surface area contributed by atoms with Gasteiger partial charge in [0.05, 0.1) is 30.2 Å². The minimum atomic E-state index is -0.114. The average molecular weight is 504 g/mol. The minimum Gasteiger partial charge on any atom is -0.494 e. The maximum absolute atomic E-state index is 13.4. The number of amides is 1. The third kappa shape index (κ3) is 3.51. The van der Waals surface area contributed by atoms with E-state index in [0.29, 0.717) is 28.7 Å². The van der Waals surface area contributed by atoms with Crippen molar-refractivity contribution < 1.29 is 13.9 Å². The number of aromatic nitrogens is 1. The van der Waals surface area contributed by atoms with Crippen LogP contribution in [0.5, 0.6) is 5.75 Å². The number of carbonyl (C=O) groups excluding carboxylic acids is 1. The zero-order chi connectivity index (χ0) is 19.7. The summed E-state index contributed by atoms with van der Waals surface area (Å²) in [6.07, 6.45) is 1.61. The third-order valence-electron chi connectivity index (χ3n) is 4.39. The molecule has 0 unspecified atom stereocenters. The van der Waals surface area contributed by atoms with E-state index in [0.717, 1.165) is 19.4 Å². The normalized spacial score (nSPS) is 11.0. The lowest BCUT2D eigenvalue weighted by atomic mass is 10.2. The predicted molar refractivity (Wildman–Crippen MR) is 119 cm³/mol. The molecule has 2 heterocycles. The van der Waals surface area contributed by atoms with Crippen molar-refractivity contribution in [2.45, 2.75) is 13.5 Å². The second-order valence-corrected chi connectivity index (χ2v) is 8.35. The number of ether oxygens (including phenoxy) is 1. The molecule has 0 saturated carbocycles. The van der Waals surface area contributed by atoms with Crippen LogP contribution in [0.4, 0.5) is 5.13 Å². The summed E-state index contributed by atoms with van der Waals surface area (Å²) in [6.45, 7) is 2.33. The highest BCUT2D eigenvalue weighted by molar-refractivity contribution is 14.1. The largest absolute Gasteiger partial charge is 0.494 e. The molecule has 0 aliphatic heterocycles. The predicted octanol–water partition coefficient (Wildman–Crippen LogP) is 5.66. The lowest BCUT2D eigenvalue weighted by molar-refractivity contribution is 0.0982. The van der Waals surface area contributed by atoms with Crippen LogP contribution in [0.25, 0.3) is 10.2 Å². The minimum absolute atomic E-state index is 0.114. The van der Waals surface area contributed by atoms with E-state index in [-0.39, 0.29) is 5.91 Å². The Labute approximate surface area is 180 Å². The van der Waals surface area contributed by atoms with Crippen molar-refractivity contribution in [3.63, 3.8) is 0 Å². The number of hydrogen-bond acceptors (Lipinski definition) is 5. The van der Waals surface area contributed by atoms with Gasteiger partial charge in [0.1, 0.15) is 17.0 Å². The van der Waals surface area contributed by atoms with Crippen LogP contribution in [0.2, 0.25) is 0 Å². The number of nitrogens with zero attached hydrogens (tertiary/aromatic N) is 2. The van der Waals surface area contributed by atoms with Crippen LogP contribution in [0.3, 0.4) is 0 Å². The summed E-state index contributed by atoms with van der Waals surface area (Å²) in [5.41, 5.74) is 2.50. The van der Waals surface area contributed by atoms with Crippen molar-refractivity contribution in [3.8, 4) is 5.75 Å². The Morgan fingerprint density at radius 1 is 1.21 bits per heavy atom. The monoisotopic (exact) mass is 504 g/mol. The van der Waals surface area contributed by atoms with Crippen LogP contribution in [0.1, 0.15) is 21.7 Å². The summed E-state index contributed by atoms with van der Waals surface area (Å²) in [5.74, 6) is 1.28. The first-order chi connectivity index (χ1) is 13.6. The average Bonchev–Trinajstić information content (AvgIpc) is 3.36. The van der Waals surface area contributed by atoms with E-state index in [2.05, 4.69) is 22.6 Å². The van der Waals surface area contributed by atoms with E-state index in [4.69, 9.17) is 14.1 Å². The maximum Gasteiger partial charge on any atom is 0.261 e. The fraction of sp³-hybridized carbons (Fsp3) is 0.143. The van der Waals surface area contributed by atoms with Gasteiger partial charge in [0.15, 0.2) is 5.13 Å². The molecule has 5 nitrogen and oxygen atoms in total. The molecule has 0 fully saturated rings. The number of thiazole rings is 1. The van der Waals surface area contributed by atoms with Crippen LogP contribution >= 0.6 is 33.9 Å². The van der Waals surface area contributed by atoms with E-state index in [1.807, 2.05) is 55.5 Å². The molecular weight excluding hydrogens is 487 g/mol. The molecule has 0 aliphatic rings. The number of furan rings is 1. The first-order valence-corrected chi connectivity index (χ1v) is 10.5. The molecule has 0 atom stereocenters. The second-order valence-electron chi connectivity index (χ2n) is 6.21. The van der Waals surface area contributed by atoms with E-state index in [1.54, 1.807) is 18.3 Å². The first-order valence-electron chi connectivity index (χ1n) is 8.61. The van der Waals surface area contributed by atoms with Gasteiger partial charge < -0.3 is 9.15 Å². The van der Waals surface area contributed by atoms with Crippen molar-refractivity contribution in [1.29, 1.82) is 0 Å². The number of fused-ring (bicyclic) bond motifs is 1. The zero-order valence-electron chi connectivity index (χ0n) is 15.3. The third-order valence-corrected chi connectivity index (χ3v) is 6.54. The van der Waals surface area contributed by atoms with Crippen LogP contribution in [-0.4, -0.2) is 18.0 Å². The molecule has 1 amide bonds. The molecule has 0 saturated heterocycles. The lowest BCUT2D eigenvalue weighted by Crippen LogP contribution is -2.30. The number of aryl methyl sites for hydroxylation is 1. The molecule has 0 bridgehead atoms. The Bertz CT molecular complexity index is 1140. The number of carbonyl (C=O) groups is 1. The van der Waals surface area contributed by atoms with Gasteiger partial charge in [0.2, 0.25) is 0 Å². The van der Waals surface area contributed by atoms with Crippen molar-refractivity contribution >= 4 is 55.2 Å². The molecule has 0 N–H and O–H groups in total. The lowest BCUT2D eigenvalue weighted by Gasteiger charge is -2.19. The van der Waals surface area contributed by atoms with Crippen LogP contribution < -0.4 is 9.64 Å². The molecule has 2 aromatic carbocycles. The Morgan fingerprint density at radius 2 is 2.04 bits per heavy atom. The summed E-state index contributed by atoms with van der Waals surface area (Å²) >= 11 is 3.66. The SMILES string of the molecule is COc1ccc(C)c2sc(N(Cc3ccco3)C(=O)c3ccccc3I)nc12. The summed E-state index contributed by atoms with van der Waals surface area (Å²) in [4.78, 5) is 19.8. The molecular formula is C21H17IN2O3S. The van der Waals surface area contributed by atoms with Gasteiger partial charge in [-0.2, -0.15) is 0 Å². The van der Waals surface area contributed by atoms with E-state index >= 15 is 0 Å². The molecule has 0 aliphatic carbocycles. The number of benzene rings is 2. The van der Waals surface area contributed by atoms with Crippen molar-refractivity contribution in [1.82, 2.24) is 4.98 Å². The Kier molecular flexibility index (Phi) is 5.36. The van der Waals surface area contributed by atoms with Gasteiger partial charge in [0.25, 0.3) is 5.91 Å². The maximum atomic E-state index is 13.4. The van der Waals surface area contributed by atoms with Gasteiger partial charge in [0, 0.05) is 3.57 Å². The first kappa shape index (κ1) is 18.9. The van der Waals surface area contributed by atoms with Crippen molar-refractivity contribution in [2.75, 3.05) is 12.0 Å². The molecule has 142 valence electrons. The van der Waals surface area contributed by atoms with E-state index in [1.165, 1.54) is 11.3 Å². The summed E-state index contributed by atoms with van der Waals surface area (Å²) in [5, 5.41) is 0.614. The number of hydrogen-bond donors (Lipinski definition) is 0. The van der Waals surface area contributed by atoms with Crippen molar-refractivity contribution in [2.24, 2.45) is 0 Å². The molecule has 7 heteroatoms. The van der Waals surface area contributed by atoms with Gasteiger partial charge in [-0.05, 0) is 65.4 Å². The number of anilines is 1. The Morgan fingerprint density at radius 3 is 2.75 bits per heavy atom. The van der Waals surface area contributed by atoms with Crippen LogP contribution in [-0.2, 0) is 6.54 Å². The highest BCUT2D eigenvalue weighted by Crippen LogP contribution is 2.37. The van der Waals surface area contributed by atoms with Gasteiger partial charge >= 0.3 is 0 Å². The molecule has 4 aromatic rings. The topological polar surface area (TPSA) is 55.6 Å². The molecule has 4 rings (SSSR count). The molecule has 28 heavy (non-hydrogen) atoms. The van der Waals surface area contributed by atoms with Crippen LogP contribution in [0.15, 0.2) is 59.2 Å².